The summed E-state index contributed by atoms with van der Waals surface area (Å²) in [4.78, 5) is 40.8. The number of aryl methyl sites for hydroxylation is 1. The van der Waals surface area contributed by atoms with Crippen molar-refractivity contribution in [3.05, 3.63) is 70.0 Å². The molecule has 0 aromatic heterocycles. The highest BCUT2D eigenvalue weighted by Gasteiger charge is 2.38. The van der Waals surface area contributed by atoms with Crippen molar-refractivity contribution in [2.75, 3.05) is 0 Å². The van der Waals surface area contributed by atoms with Crippen molar-refractivity contribution in [3.63, 3.8) is 0 Å². The Kier molecular flexibility index (Phi) is 4.31. The van der Waals surface area contributed by atoms with Gasteiger partial charge in [0.15, 0.2) is 0 Å². The molecule has 0 atom stereocenters. The Labute approximate surface area is 141 Å². The number of fused-ring (bicyclic) bond motifs is 1. The van der Waals surface area contributed by atoms with Crippen LogP contribution in [0.1, 0.15) is 32.7 Å². The Morgan fingerprint density at radius 3 is 2.29 bits per heavy atom. The van der Waals surface area contributed by atoms with E-state index in [2.05, 4.69) is 0 Å². The van der Waals surface area contributed by atoms with Gasteiger partial charge in [-0.05, 0) is 36.2 Å². The smallest absolute Gasteiger partial charge is 0.330 e. The van der Waals surface area contributed by atoms with Crippen molar-refractivity contribution in [1.82, 2.24) is 5.06 Å². The van der Waals surface area contributed by atoms with E-state index in [1.165, 1.54) is 24.3 Å². The maximum Gasteiger partial charge on any atom is 0.333 e. The van der Waals surface area contributed by atoms with E-state index in [9.17, 15) is 18.8 Å². The molecule has 2 amide bonds. The van der Waals surface area contributed by atoms with E-state index in [1.54, 1.807) is 12.1 Å². The summed E-state index contributed by atoms with van der Waals surface area (Å²) in [5, 5.41) is 0.690. The summed E-state index contributed by atoms with van der Waals surface area (Å²) < 4.78 is 13.7. The predicted molar refractivity (Wildman–Crippen MR) is 82.8 cm³/mol. The van der Waals surface area contributed by atoms with Crippen LogP contribution < -0.4 is 0 Å². The number of halogens is 2. The van der Waals surface area contributed by atoms with Crippen LogP contribution in [0.5, 0.6) is 0 Å². The molecule has 1 aliphatic heterocycles. The maximum atomic E-state index is 13.7. The maximum absolute atomic E-state index is 13.7. The number of rotatable bonds is 4. The second kappa shape index (κ2) is 6.41. The number of imide groups is 1. The Balaban J connectivity index is 1.64. The number of amides is 2. The van der Waals surface area contributed by atoms with Gasteiger partial charge in [0.1, 0.15) is 5.82 Å². The molecule has 0 bridgehead atoms. The van der Waals surface area contributed by atoms with Gasteiger partial charge in [0.2, 0.25) is 0 Å². The summed E-state index contributed by atoms with van der Waals surface area (Å²) >= 11 is 5.66. The Morgan fingerprint density at radius 1 is 1.08 bits per heavy atom. The normalized spacial score (nSPS) is 13.2. The summed E-state index contributed by atoms with van der Waals surface area (Å²) in [5.41, 5.74) is 0.650. The van der Waals surface area contributed by atoms with E-state index in [0.717, 1.165) is 6.07 Å². The number of hydrogen-bond acceptors (Lipinski definition) is 4. The molecule has 0 saturated heterocycles. The molecule has 0 aliphatic carbocycles. The average molecular weight is 348 g/mol. The van der Waals surface area contributed by atoms with Crippen molar-refractivity contribution in [2.24, 2.45) is 0 Å². The van der Waals surface area contributed by atoms with Gasteiger partial charge in [0.25, 0.3) is 11.8 Å². The lowest BCUT2D eigenvalue weighted by Gasteiger charge is -2.12. The Morgan fingerprint density at radius 2 is 1.71 bits per heavy atom. The molecule has 5 nitrogen and oxygen atoms in total. The predicted octanol–water partition coefficient (Wildman–Crippen LogP) is 3.17. The molecule has 1 aliphatic rings. The third-order valence-corrected chi connectivity index (χ3v) is 3.80. The third-order valence-electron chi connectivity index (χ3n) is 3.56. The summed E-state index contributed by atoms with van der Waals surface area (Å²) in [6, 6.07) is 10.3. The van der Waals surface area contributed by atoms with Crippen LogP contribution in [-0.4, -0.2) is 22.8 Å². The van der Waals surface area contributed by atoms with Gasteiger partial charge in [-0.15, -0.1) is 0 Å². The van der Waals surface area contributed by atoms with E-state index in [-0.39, 0.29) is 29.0 Å². The SMILES string of the molecule is O=C(CCc1ccc(Cl)cc1F)ON1C(=O)c2ccccc2C1=O. The molecule has 0 saturated carbocycles. The van der Waals surface area contributed by atoms with Gasteiger partial charge >= 0.3 is 5.97 Å². The number of benzene rings is 2. The van der Waals surface area contributed by atoms with Gasteiger partial charge < -0.3 is 4.84 Å². The van der Waals surface area contributed by atoms with Gasteiger partial charge in [0, 0.05) is 5.02 Å². The van der Waals surface area contributed by atoms with Gasteiger partial charge in [-0.1, -0.05) is 34.9 Å². The molecule has 24 heavy (non-hydrogen) atoms. The van der Waals surface area contributed by atoms with Crippen molar-refractivity contribution in [1.29, 1.82) is 0 Å². The quantitative estimate of drug-likeness (QED) is 0.797. The molecule has 0 radical (unpaired) electrons. The van der Waals surface area contributed by atoms with E-state index in [1.807, 2.05) is 0 Å². The fourth-order valence-corrected chi connectivity index (χ4v) is 2.52. The van der Waals surface area contributed by atoms with Gasteiger partial charge in [0.05, 0.1) is 17.5 Å². The van der Waals surface area contributed by atoms with Crippen molar-refractivity contribution in [2.45, 2.75) is 12.8 Å². The largest absolute Gasteiger partial charge is 0.333 e. The van der Waals surface area contributed by atoms with Crippen LogP contribution in [0.3, 0.4) is 0 Å². The molecule has 1 heterocycles. The van der Waals surface area contributed by atoms with E-state index >= 15 is 0 Å². The fraction of sp³-hybridized carbons (Fsp3) is 0.118. The second-order valence-corrected chi connectivity index (χ2v) is 5.59. The van der Waals surface area contributed by atoms with Gasteiger partial charge in [-0.3, -0.25) is 9.59 Å². The molecular formula is C17H11ClFNO4. The highest BCUT2D eigenvalue weighted by Crippen LogP contribution is 2.23. The highest BCUT2D eigenvalue weighted by molar-refractivity contribution is 6.30. The fourth-order valence-electron chi connectivity index (χ4n) is 2.36. The summed E-state index contributed by atoms with van der Waals surface area (Å²) in [6.07, 6.45) is -0.128. The van der Waals surface area contributed by atoms with E-state index in [0.29, 0.717) is 10.6 Å². The lowest BCUT2D eigenvalue weighted by atomic mass is 10.1. The topological polar surface area (TPSA) is 63.7 Å². The minimum Gasteiger partial charge on any atom is -0.330 e. The lowest BCUT2D eigenvalue weighted by Crippen LogP contribution is -2.32. The standard InChI is InChI=1S/C17H11ClFNO4/c18-11-7-5-10(14(19)9-11)6-8-15(21)24-20-16(22)12-3-1-2-4-13(12)17(20)23/h1-5,7,9H,6,8H2. The summed E-state index contributed by atoms with van der Waals surface area (Å²) in [6.45, 7) is 0. The first-order valence-corrected chi connectivity index (χ1v) is 7.47. The summed E-state index contributed by atoms with van der Waals surface area (Å²) in [7, 11) is 0. The molecular weight excluding hydrogens is 337 g/mol. The molecule has 3 rings (SSSR count). The Hall–Kier alpha value is -2.73. The van der Waals surface area contributed by atoms with Crippen LogP contribution in [0, 0.1) is 5.82 Å². The molecule has 0 spiro atoms. The van der Waals surface area contributed by atoms with Crippen LogP contribution in [0.15, 0.2) is 42.5 Å². The average Bonchev–Trinajstić information content (AvgIpc) is 2.79. The minimum absolute atomic E-state index is 0.0605. The molecule has 0 fully saturated rings. The van der Waals surface area contributed by atoms with Crippen LogP contribution >= 0.6 is 11.6 Å². The van der Waals surface area contributed by atoms with Crippen molar-refractivity contribution in [3.8, 4) is 0 Å². The summed E-state index contributed by atoms with van der Waals surface area (Å²) in [5.74, 6) is -2.72. The number of carbonyl (C=O) groups excluding carboxylic acids is 3. The lowest BCUT2D eigenvalue weighted by molar-refractivity contribution is -0.168. The molecule has 0 unspecified atom stereocenters. The monoisotopic (exact) mass is 347 g/mol. The second-order valence-electron chi connectivity index (χ2n) is 5.15. The van der Waals surface area contributed by atoms with Crippen LogP contribution in [0.4, 0.5) is 4.39 Å². The molecule has 122 valence electrons. The molecule has 7 heteroatoms. The van der Waals surface area contributed by atoms with Crippen molar-refractivity contribution < 1.29 is 23.6 Å². The molecule has 2 aromatic rings. The zero-order valence-electron chi connectivity index (χ0n) is 12.3. The number of carbonyl (C=O) groups is 3. The first kappa shape index (κ1) is 16.1. The molecule has 2 aromatic carbocycles. The van der Waals surface area contributed by atoms with Crippen LogP contribution in [0.25, 0.3) is 0 Å². The van der Waals surface area contributed by atoms with E-state index in [4.69, 9.17) is 16.4 Å². The molecule has 0 N–H and O–H groups in total. The Bertz CT molecular complexity index is 817. The third kappa shape index (κ3) is 3.00. The number of hydrogen-bond donors (Lipinski definition) is 0. The van der Waals surface area contributed by atoms with Crippen LogP contribution in [-0.2, 0) is 16.1 Å². The van der Waals surface area contributed by atoms with Crippen molar-refractivity contribution >= 4 is 29.4 Å². The highest BCUT2D eigenvalue weighted by atomic mass is 35.5. The van der Waals surface area contributed by atoms with Gasteiger partial charge in [-0.25, -0.2) is 9.18 Å². The minimum atomic E-state index is -0.807. The first-order chi connectivity index (χ1) is 11.5. The van der Waals surface area contributed by atoms with E-state index < -0.39 is 23.6 Å². The van der Waals surface area contributed by atoms with Gasteiger partial charge in [-0.2, -0.15) is 0 Å². The number of nitrogens with zero attached hydrogens (tertiary/aromatic N) is 1. The number of hydroxylamine groups is 2. The zero-order chi connectivity index (χ0) is 17.3. The van der Waals surface area contributed by atoms with Crippen LogP contribution in [0.2, 0.25) is 5.02 Å². The zero-order valence-corrected chi connectivity index (χ0v) is 13.0. The first-order valence-electron chi connectivity index (χ1n) is 7.10.